The zero-order valence-corrected chi connectivity index (χ0v) is 20.3. The number of rotatable bonds is 3. The van der Waals surface area contributed by atoms with E-state index in [2.05, 4.69) is 5.32 Å². The lowest BCUT2D eigenvalue weighted by molar-refractivity contribution is -0.126. The van der Waals surface area contributed by atoms with Gasteiger partial charge in [0, 0.05) is 23.7 Å². The van der Waals surface area contributed by atoms with Crippen molar-refractivity contribution in [1.29, 1.82) is 0 Å². The number of carbonyl (C=O) groups excluding carboxylic acids is 2. The summed E-state index contributed by atoms with van der Waals surface area (Å²) in [5, 5.41) is 9.58. The molecule has 0 aromatic heterocycles. The average Bonchev–Trinajstić information content (AvgIpc) is 3.42. The van der Waals surface area contributed by atoms with Gasteiger partial charge in [0.25, 0.3) is 11.8 Å². The van der Waals surface area contributed by atoms with E-state index in [1.807, 2.05) is 98.8 Å². The summed E-state index contributed by atoms with van der Waals surface area (Å²) in [6, 6.07) is 26.9. The van der Waals surface area contributed by atoms with Crippen LogP contribution in [0.1, 0.15) is 30.9 Å². The number of benzene rings is 3. The quantitative estimate of drug-likeness (QED) is 0.566. The van der Waals surface area contributed by atoms with Crippen molar-refractivity contribution in [2.75, 3.05) is 16.5 Å². The topological polar surface area (TPSA) is 65.0 Å². The average molecular weight is 481 g/mol. The van der Waals surface area contributed by atoms with Gasteiger partial charge in [-0.1, -0.05) is 78.9 Å². The minimum Gasteiger partial charge on any atom is -0.360 e. The highest BCUT2D eigenvalue weighted by molar-refractivity contribution is 7.80. The number of hydrogen-bond donors (Lipinski definition) is 1. The van der Waals surface area contributed by atoms with Crippen LogP contribution < -0.4 is 15.2 Å². The monoisotopic (exact) mass is 480 g/mol. The van der Waals surface area contributed by atoms with Crippen LogP contribution >= 0.6 is 12.2 Å². The number of nitrogens with one attached hydrogen (secondary N) is 1. The van der Waals surface area contributed by atoms with Gasteiger partial charge in [-0.15, -0.1) is 0 Å². The molecule has 35 heavy (non-hydrogen) atoms. The van der Waals surface area contributed by atoms with Crippen molar-refractivity contribution >= 4 is 46.1 Å². The normalized spacial score (nSPS) is 27.1. The number of nitrogens with zero attached hydrogens (tertiary/aromatic N) is 3. The fourth-order valence-electron chi connectivity index (χ4n) is 6.08. The zero-order valence-electron chi connectivity index (χ0n) is 19.4. The van der Waals surface area contributed by atoms with Crippen LogP contribution in [-0.4, -0.2) is 29.1 Å². The van der Waals surface area contributed by atoms with Crippen molar-refractivity contribution in [2.45, 2.75) is 25.3 Å². The molecule has 6 nitrogen and oxygen atoms in total. The molecular weight excluding hydrogens is 456 g/mol. The second-order valence-corrected chi connectivity index (χ2v) is 9.53. The van der Waals surface area contributed by atoms with E-state index in [1.165, 1.54) is 5.01 Å². The van der Waals surface area contributed by atoms with Crippen LogP contribution in [-0.2, 0) is 15.1 Å². The van der Waals surface area contributed by atoms with Gasteiger partial charge in [-0.05, 0) is 37.6 Å². The molecule has 6 rings (SSSR count). The van der Waals surface area contributed by atoms with Crippen molar-refractivity contribution in [3.05, 3.63) is 96.1 Å². The number of anilines is 2. The van der Waals surface area contributed by atoms with Crippen molar-refractivity contribution in [3.8, 4) is 0 Å². The Bertz CT molecular complexity index is 1410. The van der Waals surface area contributed by atoms with Crippen molar-refractivity contribution in [3.63, 3.8) is 0 Å². The van der Waals surface area contributed by atoms with Crippen molar-refractivity contribution in [2.24, 2.45) is 10.5 Å². The molecule has 0 unspecified atom stereocenters. The molecule has 0 aliphatic carbocycles. The van der Waals surface area contributed by atoms with E-state index in [4.69, 9.17) is 17.3 Å². The van der Waals surface area contributed by atoms with Gasteiger partial charge in [-0.3, -0.25) is 9.59 Å². The molecule has 0 bridgehead atoms. The Balaban J connectivity index is 1.64. The Morgan fingerprint density at radius 2 is 1.54 bits per heavy atom. The fourth-order valence-corrected chi connectivity index (χ4v) is 6.59. The first-order chi connectivity index (χ1) is 17.0. The first-order valence-corrected chi connectivity index (χ1v) is 12.1. The van der Waals surface area contributed by atoms with Gasteiger partial charge in [0.15, 0.2) is 11.0 Å². The standard InChI is InChI=1S/C28H24N4O2S/c1-3-31-22-17-11-10-16-21(22)28(26(31)34)23(19-12-6-4-7-13-19)27(24(35)29-28)18(2)30-32(25(27)33)20-14-8-5-9-15-20/h4-17,23H,3H2,1-2H3,(H,29,35)/t23-,27-,28+/m1/s1. The Labute approximate surface area is 209 Å². The third-order valence-electron chi connectivity index (χ3n) is 7.54. The molecule has 7 heteroatoms. The molecular formula is C28H24N4O2S. The summed E-state index contributed by atoms with van der Waals surface area (Å²) in [6.45, 7) is 4.31. The van der Waals surface area contributed by atoms with Gasteiger partial charge >= 0.3 is 0 Å². The molecule has 1 saturated heterocycles. The number of fused-ring (bicyclic) bond motifs is 2. The second-order valence-electron chi connectivity index (χ2n) is 9.12. The van der Waals surface area contributed by atoms with Crippen LogP contribution in [0, 0.1) is 5.41 Å². The summed E-state index contributed by atoms with van der Waals surface area (Å²) in [6.07, 6.45) is 0. The predicted molar refractivity (Wildman–Crippen MR) is 141 cm³/mol. The van der Waals surface area contributed by atoms with E-state index in [0.717, 1.165) is 16.8 Å². The Morgan fingerprint density at radius 1 is 0.914 bits per heavy atom. The molecule has 1 fully saturated rings. The van der Waals surface area contributed by atoms with E-state index in [0.29, 0.717) is 22.9 Å². The fraction of sp³-hybridized carbons (Fsp3) is 0.214. The summed E-state index contributed by atoms with van der Waals surface area (Å²) in [4.78, 5) is 30.8. The SMILES string of the molecule is CCN1C(=O)[C@]2(NC(=S)[C@]3(C(=O)N(c4ccccc4)N=C3C)[C@H]2c2ccccc2)c2ccccc21. The molecule has 3 atom stereocenters. The maximum absolute atomic E-state index is 14.4. The maximum atomic E-state index is 14.4. The van der Waals surface area contributed by atoms with E-state index >= 15 is 0 Å². The Kier molecular flexibility index (Phi) is 4.70. The molecule has 3 aliphatic rings. The third kappa shape index (κ3) is 2.59. The van der Waals surface area contributed by atoms with Crippen LogP contribution in [0.4, 0.5) is 11.4 Å². The molecule has 3 aromatic rings. The van der Waals surface area contributed by atoms with Crippen molar-refractivity contribution < 1.29 is 9.59 Å². The maximum Gasteiger partial charge on any atom is 0.267 e. The molecule has 2 spiro atoms. The zero-order chi connectivity index (χ0) is 24.4. The third-order valence-corrected chi connectivity index (χ3v) is 7.96. The number of hydrazone groups is 1. The number of likely N-dealkylation sites (N-methyl/N-ethyl adjacent to an activating group) is 1. The highest BCUT2D eigenvalue weighted by Gasteiger charge is 2.74. The predicted octanol–water partition coefficient (Wildman–Crippen LogP) is 4.37. The number of carbonyl (C=O) groups is 2. The van der Waals surface area contributed by atoms with E-state index in [9.17, 15) is 9.59 Å². The van der Waals surface area contributed by atoms with E-state index < -0.39 is 16.9 Å². The molecule has 3 aromatic carbocycles. The van der Waals surface area contributed by atoms with Crippen LogP contribution in [0.3, 0.4) is 0 Å². The molecule has 2 amide bonds. The lowest BCUT2D eigenvalue weighted by Gasteiger charge is -2.36. The minimum atomic E-state index is -1.29. The molecule has 0 radical (unpaired) electrons. The van der Waals surface area contributed by atoms with Gasteiger partial charge in [-0.25, -0.2) is 0 Å². The van der Waals surface area contributed by atoms with Gasteiger partial charge in [0.1, 0.15) is 0 Å². The van der Waals surface area contributed by atoms with Crippen molar-refractivity contribution in [1.82, 2.24) is 5.32 Å². The molecule has 0 saturated carbocycles. The summed E-state index contributed by atoms with van der Waals surface area (Å²) in [5.41, 5.74) is 1.27. The van der Waals surface area contributed by atoms with Gasteiger partial charge in [-0.2, -0.15) is 10.1 Å². The van der Waals surface area contributed by atoms with Crippen LogP contribution in [0.25, 0.3) is 0 Å². The Morgan fingerprint density at radius 3 is 2.23 bits per heavy atom. The summed E-state index contributed by atoms with van der Waals surface area (Å²) in [5.74, 6) is -0.962. The summed E-state index contributed by atoms with van der Waals surface area (Å²) >= 11 is 5.98. The van der Waals surface area contributed by atoms with E-state index in [-0.39, 0.29) is 11.8 Å². The number of amides is 2. The highest BCUT2D eigenvalue weighted by Crippen LogP contribution is 2.61. The molecule has 174 valence electrons. The smallest absolute Gasteiger partial charge is 0.267 e. The number of hydrogen-bond acceptors (Lipinski definition) is 4. The number of para-hydroxylation sites is 2. The lowest BCUT2D eigenvalue weighted by Crippen LogP contribution is -2.52. The number of thiocarbonyl (C=S) groups is 1. The molecule has 3 heterocycles. The first-order valence-electron chi connectivity index (χ1n) is 11.7. The second kappa shape index (κ2) is 7.58. The van der Waals surface area contributed by atoms with Gasteiger partial charge < -0.3 is 10.2 Å². The van der Waals surface area contributed by atoms with E-state index in [1.54, 1.807) is 4.90 Å². The highest BCUT2D eigenvalue weighted by atomic mass is 32.1. The lowest BCUT2D eigenvalue weighted by atomic mass is 9.62. The summed E-state index contributed by atoms with van der Waals surface area (Å²) < 4.78 is 0. The van der Waals surface area contributed by atoms with Gasteiger partial charge in [0.2, 0.25) is 0 Å². The largest absolute Gasteiger partial charge is 0.360 e. The van der Waals surface area contributed by atoms with Crippen LogP contribution in [0.2, 0.25) is 0 Å². The summed E-state index contributed by atoms with van der Waals surface area (Å²) in [7, 11) is 0. The van der Waals surface area contributed by atoms with Crippen LogP contribution in [0.15, 0.2) is 90.0 Å². The van der Waals surface area contributed by atoms with Crippen LogP contribution in [0.5, 0.6) is 0 Å². The minimum absolute atomic E-state index is 0.104. The Hall–Kier alpha value is -3.84. The first kappa shape index (κ1) is 21.7. The molecule has 1 N–H and O–H groups in total. The molecule has 3 aliphatic heterocycles. The van der Waals surface area contributed by atoms with Gasteiger partial charge in [0.05, 0.1) is 16.4 Å².